The zero-order valence-corrected chi connectivity index (χ0v) is 9.61. The first kappa shape index (κ1) is 14.2. The summed E-state index contributed by atoms with van der Waals surface area (Å²) in [5, 5.41) is 25.9. The lowest BCUT2D eigenvalue weighted by atomic mass is 10.0. The van der Waals surface area contributed by atoms with E-state index in [1.54, 1.807) is 0 Å². The van der Waals surface area contributed by atoms with Gasteiger partial charge in [-0.1, -0.05) is 0 Å². The van der Waals surface area contributed by atoms with Crippen LogP contribution in [0.25, 0.3) is 12.2 Å². The van der Waals surface area contributed by atoms with Crippen molar-refractivity contribution in [2.75, 3.05) is 0 Å². The van der Waals surface area contributed by atoms with Crippen molar-refractivity contribution in [1.29, 1.82) is 0 Å². The molecule has 6 nitrogen and oxygen atoms in total. The van der Waals surface area contributed by atoms with E-state index in [4.69, 9.17) is 15.3 Å². The van der Waals surface area contributed by atoms with Gasteiger partial charge in [0.05, 0.1) is 5.56 Å². The number of hydrogen-bond donors (Lipinski definition) is 3. The van der Waals surface area contributed by atoms with Gasteiger partial charge < -0.3 is 15.3 Å². The topological polar surface area (TPSA) is 112 Å². The molecule has 1 aromatic rings. The molecule has 3 N–H and O–H groups in total. The summed E-state index contributed by atoms with van der Waals surface area (Å²) in [5.41, 5.74) is 0.650. The van der Waals surface area contributed by atoms with Crippen molar-refractivity contribution in [2.45, 2.75) is 0 Å². The molecule has 0 unspecified atom stereocenters. The average molecular weight is 262 g/mol. The van der Waals surface area contributed by atoms with Crippen molar-refractivity contribution in [3.05, 3.63) is 47.0 Å². The molecule has 0 bridgehead atoms. The molecule has 6 heteroatoms. The van der Waals surface area contributed by atoms with Crippen LogP contribution in [-0.4, -0.2) is 33.2 Å². The van der Waals surface area contributed by atoms with Crippen LogP contribution in [0.1, 0.15) is 21.5 Å². The fourth-order valence-corrected chi connectivity index (χ4v) is 1.33. The van der Waals surface area contributed by atoms with Crippen LogP contribution >= 0.6 is 0 Å². The van der Waals surface area contributed by atoms with E-state index in [0.717, 1.165) is 12.2 Å². The van der Waals surface area contributed by atoms with E-state index in [1.165, 1.54) is 30.4 Å². The molecule has 0 heterocycles. The molecule has 0 aliphatic carbocycles. The molecular weight excluding hydrogens is 252 g/mol. The summed E-state index contributed by atoms with van der Waals surface area (Å²) in [5.74, 6) is -3.51. The van der Waals surface area contributed by atoms with E-state index < -0.39 is 17.9 Å². The van der Waals surface area contributed by atoms with E-state index in [9.17, 15) is 14.4 Å². The lowest BCUT2D eigenvalue weighted by Gasteiger charge is -2.01. The fraction of sp³-hybridized carbons (Fsp3) is 0. The minimum absolute atomic E-state index is 0.0578. The number of rotatable bonds is 5. The van der Waals surface area contributed by atoms with Gasteiger partial charge in [0, 0.05) is 12.2 Å². The molecule has 1 aromatic carbocycles. The summed E-state index contributed by atoms with van der Waals surface area (Å²) in [4.78, 5) is 31.7. The molecule has 0 saturated heterocycles. The molecule has 0 aliphatic heterocycles. The summed E-state index contributed by atoms with van der Waals surface area (Å²) in [6, 6.07) is 4.06. The van der Waals surface area contributed by atoms with Gasteiger partial charge in [-0.25, -0.2) is 14.4 Å². The number of aliphatic carboxylic acids is 2. The van der Waals surface area contributed by atoms with Gasteiger partial charge in [0.2, 0.25) is 0 Å². The highest BCUT2D eigenvalue weighted by molar-refractivity contribution is 5.91. The van der Waals surface area contributed by atoms with Crippen LogP contribution in [0.15, 0.2) is 30.4 Å². The Morgan fingerprint density at radius 3 is 1.53 bits per heavy atom. The number of aromatic carboxylic acids is 1. The number of carboxylic acids is 3. The maximum atomic E-state index is 10.9. The average Bonchev–Trinajstić information content (AvgIpc) is 2.33. The Bertz CT molecular complexity index is 541. The normalized spacial score (nSPS) is 10.9. The SMILES string of the molecule is O=C(O)/C=C/c1cc(/C=C/C(=O)O)cc(C(=O)O)c1. The van der Waals surface area contributed by atoms with Crippen LogP contribution in [-0.2, 0) is 9.59 Å². The van der Waals surface area contributed by atoms with E-state index in [0.29, 0.717) is 11.1 Å². The Labute approximate surface area is 107 Å². The quantitative estimate of drug-likeness (QED) is 0.694. The van der Waals surface area contributed by atoms with E-state index in [1.807, 2.05) is 0 Å². The molecule has 98 valence electrons. The van der Waals surface area contributed by atoms with E-state index >= 15 is 0 Å². The summed E-state index contributed by atoms with van der Waals surface area (Å²) in [7, 11) is 0. The van der Waals surface area contributed by atoms with Gasteiger partial charge in [0.1, 0.15) is 0 Å². The first-order valence-electron chi connectivity index (χ1n) is 5.09. The Kier molecular flexibility index (Phi) is 4.59. The second-order valence-corrected chi connectivity index (χ2v) is 3.54. The third-order valence-corrected chi connectivity index (χ3v) is 2.06. The number of carbonyl (C=O) groups is 3. The Hall–Kier alpha value is -2.89. The second kappa shape index (κ2) is 6.15. The molecule has 1 rings (SSSR count). The molecule has 0 amide bonds. The molecule has 0 saturated carbocycles. The summed E-state index contributed by atoms with van der Waals surface area (Å²) in [6.07, 6.45) is 4.19. The van der Waals surface area contributed by atoms with Crippen molar-refractivity contribution in [1.82, 2.24) is 0 Å². The maximum Gasteiger partial charge on any atom is 0.335 e. The van der Waals surface area contributed by atoms with Crippen LogP contribution in [0.3, 0.4) is 0 Å². The molecule has 0 aliphatic rings. The maximum absolute atomic E-state index is 10.9. The molecule has 0 fully saturated rings. The zero-order chi connectivity index (χ0) is 14.4. The summed E-state index contributed by atoms with van der Waals surface area (Å²) < 4.78 is 0. The largest absolute Gasteiger partial charge is 0.478 e. The van der Waals surface area contributed by atoms with E-state index in [-0.39, 0.29) is 5.56 Å². The second-order valence-electron chi connectivity index (χ2n) is 3.54. The first-order valence-corrected chi connectivity index (χ1v) is 5.09. The van der Waals surface area contributed by atoms with Crippen molar-refractivity contribution in [2.24, 2.45) is 0 Å². The first-order chi connectivity index (χ1) is 8.88. The van der Waals surface area contributed by atoms with Crippen LogP contribution in [0, 0.1) is 0 Å². The fourth-order valence-electron chi connectivity index (χ4n) is 1.33. The lowest BCUT2D eigenvalue weighted by Crippen LogP contribution is -1.97. The van der Waals surface area contributed by atoms with Gasteiger partial charge >= 0.3 is 17.9 Å². The molecule has 0 radical (unpaired) electrons. The van der Waals surface area contributed by atoms with Gasteiger partial charge in [-0.3, -0.25) is 0 Å². The predicted molar refractivity (Wildman–Crippen MR) is 66.7 cm³/mol. The molecular formula is C13H10O6. The minimum atomic E-state index is -1.18. The molecule has 0 atom stereocenters. The summed E-state index contributed by atoms with van der Waals surface area (Å²) in [6.45, 7) is 0. The van der Waals surface area contributed by atoms with Gasteiger partial charge in [0.15, 0.2) is 0 Å². The smallest absolute Gasteiger partial charge is 0.335 e. The Morgan fingerprint density at radius 2 is 1.21 bits per heavy atom. The standard InChI is InChI=1S/C13H10O6/c14-11(15)3-1-8-5-9(2-4-12(16)17)7-10(6-8)13(18)19/h1-7H,(H,14,15)(H,16,17)(H,18,19)/b3-1+,4-2+. The van der Waals surface area contributed by atoms with E-state index in [2.05, 4.69) is 0 Å². The van der Waals surface area contributed by atoms with Gasteiger partial charge in [0.25, 0.3) is 0 Å². The molecule has 0 spiro atoms. The van der Waals surface area contributed by atoms with Gasteiger partial charge in [-0.2, -0.15) is 0 Å². The van der Waals surface area contributed by atoms with Crippen LogP contribution < -0.4 is 0 Å². The molecule has 19 heavy (non-hydrogen) atoms. The Morgan fingerprint density at radius 1 is 0.789 bits per heavy atom. The van der Waals surface area contributed by atoms with Crippen molar-refractivity contribution < 1.29 is 29.7 Å². The highest BCUT2D eigenvalue weighted by atomic mass is 16.4. The van der Waals surface area contributed by atoms with Crippen molar-refractivity contribution in [3.63, 3.8) is 0 Å². The lowest BCUT2D eigenvalue weighted by molar-refractivity contribution is -0.132. The number of hydrogen-bond acceptors (Lipinski definition) is 3. The van der Waals surface area contributed by atoms with Crippen molar-refractivity contribution >= 4 is 30.1 Å². The highest BCUT2D eigenvalue weighted by Crippen LogP contribution is 2.14. The Balaban J connectivity index is 3.21. The monoisotopic (exact) mass is 262 g/mol. The predicted octanol–water partition coefficient (Wildman–Crippen LogP) is 1.58. The zero-order valence-electron chi connectivity index (χ0n) is 9.61. The third-order valence-electron chi connectivity index (χ3n) is 2.06. The third kappa shape index (κ3) is 4.86. The minimum Gasteiger partial charge on any atom is -0.478 e. The van der Waals surface area contributed by atoms with Crippen molar-refractivity contribution in [3.8, 4) is 0 Å². The van der Waals surface area contributed by atoms with Gasteiger partial charge in [-0.15, -0.1) is 0 Å². The van der Waals surface area contributed by atoms with Crippen LogP contribution in [0.5, 0.6) is 0 Å². The van der Waals surface area contributed by atoms with Crippen LogP contribution in [0.2, 0.25) is 0 Å². The molecule has 0 aromatic heterocycles. The summed E-state index contributed by atoms with van der Waals surface area (Å²) >= 11 is 0. The van der Waals surface area contributed by atoms with Gasteiger partial charge in [-0.05, 0) is 41.5 Å². The number of carboxylic acid groups (broad SMARTS) is 3. The van der Waals surface area contributed by atoms with Crippen LogP contribution in [0.4, 0.5) is 0 Å². The highest BCUT2D eigenvalue weighted by Gasteiger charge is 2.05. The number of benzene rings is 1.